The van der Waals surface area contributed by atoms with Gasteiger partial charge in [0.2, 0.25) is 17.7 Å². The van der Waals surface area contributed by atoms with Crippen molar-refractivity contribution in [1.82, 2.24) is 19.8 Å². The monoisotopic (exact) mass is 698 g/mol. The molecule has 2 aliphatic rings. The molecule has 52 heavy (non-hydrogen) atoms. The number of hydrogen-bond donors (Lipinski definition) is 3. The number of nitrogens with one attached hydrogen (secondary N) is 1. The Morgan fingerprint density at radius 3 is 2.48 bits per heavy atom. The quantitative estimate of drug-likeness (QED) is 0.147. The molecule has 4 heterocycles. The van der Waals surface area contributed by atoms with Crippen molar-refractivity contribution in [2.45, 2.75) is 45.1 Å². The van der Waals surface area contributed by atoms with Gasteiger partial charge in [-0.2, -0.15) is 0 Å². The van der Waals surface area contributed by atoms with Crippen LogP contribution in [0.1, 0.15) is 56.0 Å². The van der Waals surface area contributed by atoms with E-state index in [-0.39, 0.29) is 30.0 Å². The Morgan fingerprint density at radius 2 is 1.87 bits per heavy atom. The third-order valence-electron chi connectivity index (χ3n) is 9.15. The molecule has 4 radical (unpaired) electrons. The van der Waals surface area contributed by atoms with E-state index >= 15 is 0 Å². The summed E-state index contributed by atoms with van der Waals surface area (Å²) in [5.74, 6) is 0.145. The van der Waals surface area contributed by atoms with Crippen LogP contribution in [0.3, 0.4) is 0 Å². The molecule has 2 aliphatic heterocycles. The highest BCUT2D eigenvalue weighted by atomic mass is 16.5. The minimum Gasteiger partial charge on any atom is -0.475 e. The van der Waals surface area contributed by atoms with Crippen LogP contribution in [0.2, 0.25) is 0 Å². The maximum atomic E-state index is 13.9. The molecular weight excluding hydrogens is 654 g/mol. The highest BCUT2D eigenvalue weighted by Crippen LogP contribution is 2.29. The Bertz CT molecular complexity index is 1880. The lowest BCUT2D eigenvalue weighted by Gasteiger charge is -2.40. The van der Waals surface area contributed by atoms with Gasteiger partial charge in [0.1, 0.15) is 23.7 Å². The van der Waals surface area contributed by atoms with Crippen molar-refractivity contribution in [2.24, 2.45) is 21.6 Å². The van der Waals surface area contributed by atoms with E-state index in [1.807, 2.05) is 51.1 Å². The van der Waals surface area contributed by atoms with Crippen LogP contribution in [0.5, 0.6) is 5.88 Å². The summed E-state index contributed by atoms with van der Waals surface area (Å²) in [5.41, 5.74) is 16.3. The smallest absolute Gasteiger partial charge is 0.232 e. The first kappa shape index (κ1) is 37.9. The topological polar surface area (TPSA) is 179 Å². The number of aromatic nitrogens is 2. The van der Waals surface area contributed by atoms with E-state index in [2.05, 4.69) is 20.0 Å². The fraction of sp³-hybridized carbons (Fsp3) is 0.378. The zero-order valence-electron chi connectivity index (χ0n) is 30.1. The van der Waals surface area contributed by atoms with Gasteiger partial charge < -0.3 is 26.0 Å². The fourth-order valence-corrected chi connectivity index (χ4v) is 6.29. The molecule has 1 atom stereocenters. The van der Waals surface area contributed by atoms with E-state index in [0.717, 1.165) is 16.7 Å². The van der Waals surface area contributed by atoms with Gasteiger partial charge in [-0.1, -0.05) is 30.3 Å². The van der Waals surface area contributed by atoms with Crippen molar-refractivity contribution < 1.29 is 14.3 Å². The van der Waals surface area contributed by atoms with Gasteiger partial charge in [-0.25, -0.2) is 15.0 Å². The fourth-order valence-electron chi connectivity index (χ4n) is 6.29. The molecule has 5 N–H and O–H groups in total. The van der Waals surface area contributed by atoms with Crippen molar-refractivity contribution in [3.8, 4) is 5.88 Å². The minimum atomic E-state index is -1.79. The average Bonchev–Trinajstić information content (AvgIpc) is 3.66. The van der Waals surface area contributed by atoms with E-state index in [1.54, 1.807) is 46.0 Å². The second-order valence-corrected chi connectivity index (χ2v) is 13.1. The van der Waals surface area contributed by atoms with E-state index < -0.39 is 17.2 Å². The first-order chi connectivity index (χ1) is 24.8. The van der Waals surface area contributed by atoms with Gasteiger partial charge in [0, 0.05) is 62.0 Å². The van der Waals surface area contributed by atoms with Crippen LogP contribution in [-0.4, -0.2) is 116 Å². The van der Waals surface area contributed by atoms with E-state index in [1.165, 1.54) is 12.5 Å². The lowest BCUT2D eigenvalue weighted by Crippen LogP contribution is -2.61. The Morgan fingerprint density at radius 1 is 1.13 bits per heavy atom. The highest BCUT2D eigenvalue weighted by molar-refractivity contribution is 6.51. The second-order valence-electron chi connectivity index (χ2n) is 13.1. The Labute approximate surface area is 307 Å². The molecule has 1 fully saturated rings. The number of nitrogens with two attached hydrogens (primary N) is 2. The summed E-state index contributed by atoms with van der Waals surface area (Å²) in [4.78, 5) is 49.3. The van der Waals surface area contributed by atoms with Crippen LogP contribution in [0, 0.1) is 11.3 Å². The first-order valence-corrected chi connectivity index (χ1v) is 17.3. The first-order valence-electron chi connectivity index (χ1n) is 17.3. The summed E-state index contributed by atoms with van der Waals surface area (Å²) in [6, 6.07) is 14.5. The maximum Gasteiger partial charge on any atom is 0.232 e. The number of pyridine rings is 2. The summed E-state index contributed by atoms with van der Waals surface area (Å²) >= 11 is 0. The molecule has 3 aromatic rings. The molecule has 0 bridgehead atoms. The number of amides is 2. The van der Waals surface area contributed by atoms with Crippen molar-refractivity contribution >= 4 is 62.5 Å². The molecule has 1 aromatic carbocycles. The van der Waals surface area contributed by atoms with Gasteiger partial charge in [0.25, 0.3) is 0 Å². The van der Waals surface area contributed by atoms with Crippen LogP contribution in [0.4, 0.5) is 11.5 Å². The molecule has 0 aliphatic carbocycles. The highest BCUT2D eigenvalue weighted by Gasteiger charge is 2.43. The summed E-state index contributed by atoms with van der Waals surface area (Å²) < 4.78 is 5.61. The average molecular weight is 698 g/mol. The molecule has 0 unspecified atom stereocenters. The summed E-state index contributed by atoms with van der Waals surface area (Å²) in [5, 5.41) is 7.01. The van der Waals surface area contributed by atoms with E-state index in [9.17, 15) is 9.59 Å². The SMILES string of the molecule is [B]C([B])(C(=O)N1CC=C(c2ccc(C(N)=NC=NC)cc2)CC1)N1CC[C@@H](C(=O)N(CC)c2ccc(N)c(C(=N)c3ccc(OC(C)C)nc3)n2)C1. The second kappa shape index (κ2) is 16.4. The Hall–Kier alpha value is -5.30. The number of anilines is 2. The maximum absolute atomic E-state index is 13.9. The van der Waals surface area contributed by atoms with E-state index in [0.29, 0.717) is 67.8 Å². The lowest BCUT2D eigenvalue weighted by atomic mass is 9.59. The number of benzene rings is 1. The summed E-state index contributed by atoms with van der Waals surface area (Å²) in [6.07, 6.45) is 6.00. The predicted octanol–water partition coefficient (Wildman–Crippen LogP) is 2.61. The number of amidine groups is 1. The number of likely N-dealkylation sites (tertiary alicyclic amines) is 1. The number of carbonyl (C=O) groups is 2. The number of nitrogens with zero attached hydrogens (tertiary/aromatic N) is 7. The molecule has 2 aromatic heterocycles. The number of carbonyl (C=O) groups excluding carboxylic acids is 2. The number of hydrogen-bond acceptors (Lipinski definition) is 9. The van der Waals surface area contributed by atoms with Crippen LogP contribution in [0.15, 0.2) is 70.8 Å². The van der Waals surface area contributed by atoms with Gasteiger partial charge in [0.05, 0.1) is 39.1 Å². The zero-order chi connectivity index (χ0) is 37.6. The van der Waals surface area contributed by atoms with Crippen LogP contribution in [0.25, 0.3) is 5.57 Å². The Kier molecular flexibility index (Phi) is 11.9. The minimum absolute atomic E-state index is 0.0338. The normalized spacial score (nSPS) is 17.0. The van der Waals surface area contributed by atoms with Gasteiger partial charge >= 0.3 is 0 Å². The lowest BCUT2D eigenvalue weighted by molar-refractivity contribution is -0.135. The van der Waals surface area contributed by atoms with Gasteiger partial charge in [0.15, 0.2) is 0 Å². The van der Waals surface area contributed by atoms with Crippen LogP contribution in [-0.2, 0) is 9.59 Å². The zero-order valence-corrected chi connectivity index (χ0v) is 30.1. The number of ether oxygens (including phenoxy) is 1. The van der Waals surface area contributed by atoms with Crippen molar-refractivity contribution in [3.63, 3.8) is 0 Å². The van der Waals surface area contributed by atoms with Crippen molar-refractivity contribution in [3.05, 3.63) is 83.2 Å². The molecule has 2 amide bonds. The third-order valence-corrected chi connectivity index (χ3v) is 9.15. The molecule has 266 valence electrons. The molecule has 13 nitrogen and oxygen atoms in total. The number of aliphatic imine (C=N–C) groups is 2. The van der Waals surface area contributed by atoms with E-state index in [4.69, 9.17) is 37.3 Å². The predicted molar refractivity (Wildman–Crippen MR) is 207 cm³/mol. The Balaban J connectivity index is 1.22. The van der Waals surface area contributed by atoms with Crippen molar-refractivity contribution in [2.75, 3.05) is 50.4 Å². The summed E-state index contributed by atoms with van der Waals surface area (Å²) in [7, 11) is 14.7. The number of nitrogen functional groups attached to an aromatic ring is 1. The standard InChI is InChI=1S/C37H44B2N10O3/c1-5-49(30-12-11-29(40)33(46-30)32(41)27-10-13-31(44-20-27)52-23(2)3)35(50)28-16-19-48(21-28)37(38,39)36(51)47-17-14-25(15-18-47)24-6-8-26(9-7-24)34(42)45-22-43-4/h6-14,20,22-23,28,41H,5,15-19,21,40H2,1-4H3,(H2,42,43,45)/t28-/m1/s1. The van der Waals surface area contributed by atoms with Crippen LogP contribution >= 0.6 is 0 Å². The van der Waals surface area contributed by atoms with Gasteiger partial charge in [-0.3, -0.25) is 24.9 Å². The van der Waals surface area contributed by atoms with Crippen LogP contribution < -0.4 is 21.1 Å². The molecule has 15 heteroatoms. The molecular formula is C37H44B2N10O3. The molecule has 1 saturated heterocycles. The molecule has 0 spiro atoms. The van der Waals surface area contributed by atoms with Gasteiger partial charge in [-0.05, 0) is 69.5 Å². The van der Waals surface area contributed by atoms with Crippen molar-refractivity contribution in [1.29, 1.82) is 5.41 Å². The third kappa shape index (κ3) is 8.42. The molecule has 0 saturated carbocycles. The number of rotatable bonds is 12. The molecule has 5 rings (SSSR count). The summed E-state index contributed by atoms with van der Waals surface area (Å²) in [6.45, 7) is 7.38. The van der Waals surface area contributed by atoms with Gasteiger partial charge in [-0.15, -0.1) is 0 Å². The largest absolute Gasteiger partial charge is 0.475 e.